The molecule has 1 aliphatic rings. The van der Waals surface area contributed by atoms with E-state index >= 15 is 0 Å². The van der Waals surface area contributed by atoms with Gasteiger partial charge in [0.05, 0.1) is 11.1 Å². The monoisotopic (exact) mass is 527 g/mol. The Labute approximate surface area is 200 Å². The molecular weight excluding hydrogens is 509 g/mol. The molecule has 0 aromatic carbocycles. The quantitative estimate of drug-likeness (QED) is 0.360. The highest BCUT2D eigenvalue weighted by Crippen LogP contribution is 2.42. The van der Waals surface area contributed by atoms with Crippen LogP contribution in [-0.4, -0.2) is 51.4 Å². The fraction of sp³-hybridized carbons (Fsp3) is 0.381. The van der Waals surface area contributed by atoms with Crippen LogP contribution in [0, 0.1) is 0 Å². The Morgan fingerprint density at radius 2 is 1.97 bits per heavy atom. The standard InChI is InChI=1S/C21H18F5N7O2S/c1-3-36(35,31-19(34)15(22)23)20-14(17-27-7-6-13(10-4-5-10)33(17)30-20)18-29-12-8-11(21(24,25)26)9-28-16(12)32(18)2/h6-10,15H,3-5H2,1-2H3. The van der Waals surface area contributed by atoms with Crippen LogP contribution in [0.15, 0.2) is 33.9 Å². The topological polar surface area (TPSA) is 107 Å². The number of carbonyl (C=O) groups is 1. The maximum Gasteiger partial charge on any atom is 0.417 e. The molecule has 0 aliphatic heterocycles. The molecule has 1 fully saturated rings. The molecule has 190 valence electrons. The van der Waals surface area contributed by atoms with Crippen LogP contribution in [0.3, 0.4) is 0 Å². The molecule has 0 N–H and O–H groups in total. The number of aryl methyl sites for hydroxylation is 1. The molecule has 4 aromatic heterocycles. The first-order valence-corrected chi connectivity index (χ1v) is 12.5. The van der Waals surface area contributed by atoms with Gasteiger partial charge in [-0.25, -0.2) is 23.7 Å². The summed E-state index contributed by atoms with van der Waals surface area (Å²) in [5, 5.41) is 4.11. The molecule has 5 rings (SSSR count). The summed E-state index contributed by atoms with van der Waals surface area (Å²) in [6.45, 7) is 1.40. The minimum atomic E-state index is -4.65. The van der Waals surface area contributed by atoms with Gasteiger partial charge in [-0.15, -0.1) is 0 Å². The minimum absolute atomic E-state index is 0.00291. The van der Waals surface area contributed by atoms with E-state index in [0.29, 0.717) is 6.20 Å². The lowest BCUT2D eigenvalue weighted by atomic mass is 10.2. The number of imidazole rings is 1. The number of nitrogens with zero attached hydrogens (tertiary/aromatic N) is 7. The molecule has 1 amide bonds. The van der Waals surface area contributed by atoms with Crippen molar-refractivity contribution in [1.29, 1.82) is 0 Å². The summed E-state index contributed by atoms with van der Waals surface area (Å²) in [7, 11) is -2.34. The van der Waals surface area contributed by atoms with Crippen molar-refractivity contribution in [1.82, 2.24) is 29.1 Å². The third-order valence-electron chi connectivity index (χ3n) is 5.89. The van der Waals surface area contributed by atoms with Crippen molar-refractivity contribution < 1.29 is 31.0 Å². The Hall–Kier alpha value is -3.49. The summed E-state index contributed by atoms with van der Waals surface area (Å²) >= 11 is 0. The van der Waals surface area contributed by atoms with Crippen LogP contribution < -0.4 is 0 Å². The second-order valence-electron chi connectivity index (χ2n) is 8.28. The first-order valence-electron chi connectivity index (χ1n) is 10.8. The maximum absolute atomic E-state index is 13.8. The van der Waals surface area contributed by atoms with E-state index in [4.69, 9.17) is 0 Å². The number of fused-ring (bicyclic) bond motifs is 2. The summed E-state index contributed by atoms with van der Waals surface area (Å²) in [5.74, 6) is -2.05. The lowest BCUT2D eigenvalue weighted by molar-refractivity contribution is -0.137. The summed E-state index contributed by atoms with van der Waals surface area (Å²) in [4.78, 5) is 24.3. The van der Waals surface area contributed by atoms with Gasteiger partial charge in [0.1, 0.15) is 21.1 Å². The van der Waals surface area contributed by atoms with Crippen molar-refractivity contribution >= 4 is 32.4 Å². The minimum Gasteiger partial charge on any atom is -0.312 e. The SMILES string of the molecule is CCS(=O)(=NC(=O)C(F)F)c1nn2c(C3CC3)ccnc2c1-c1nc2cc(C(F)(F)F)cnc2n1C. The van der Waals surface area contributed by atoms with E-state index in [1.165, 1.54) is 29.3 Å². The van der Waals surface area contributed by atoms with Crippen LogP contribution in [0.2, 0.25) is 0 Å². The molecule has 15 heteroatoms. The fourth-order valence-electron chi connectivity index (χ4n) is 3.94. The summed E-state index contributed by atoms with van der Waals surface area (Å²) in [6.07, 6.45) is -4.22. The zero-order valence-electron chi connectivity index (χ0n) is 18.8. The van der Waals surface area contributed by atoms with E-state index in [0.717, 1.165) is 24.6 Å². The Balaban J connectivity index is 1.85. The summed E-state index contributed by atoms with van der Waals surface area (Å²) < 4.78 is 85.7. The van der Waals surface area contributed by atoms with Gasteiger partial charge >= 0.3 is 18.5 Å². The maximum atomic E-state index is 13.8. The Kier molecular flexibility index (Phi) is 5.57. The highest BCUT2D eigenvalue weighted by molar-refractivity contribution is 7.94. The fourth-order valence-corrected chi connectivity index (χ4v) is 5.51. The van der Waals surface area contributed by atoms with Gasteiger partial charge in [-0.3, -0.25) is 4.79 Å². The van der Waals surface area contributed by atoms with Crippen molar-refractivity contribution in [3.63, 3.8) is 0 Å². The number of halogens is 5. The van der Waals surface area contributed by atoms with Crippen molar-refractivity contribution in [3.05, 3.63) is 35.8 Å². The molecular formula is C21H18F5N7O2S. The first kappa shape index (κ1) is 24.2. The van der Waals surface area contributed by atoms with Crippen molar-refractivity contribution in [3.8, 4) is 11.4 Å². The van der Waals surface area contributed by atoms with Gasteiger partial charge in [0.25, 0.3) is 0 Å². The molecule has 1 saturated carbocycles. The van der Waals surface area contributed by atoms with Crippen LogP contribution in [0.25, 0.3) is 28.2 Å². The van der Waals surface area contributed by atoms with E-state index < -0.39 is 33.8 Å². The van der Waals surface area contributed by atoms with Gasteiger partial charge in [0.2, 0.25) is 0 Å². The predicted molar refractivity (Wildman–Crippen MR) is 118 cm³/mol. The second kappa shape index (κ2) is 8.28. The molecule has 1 aliphatic carbocycles. The molecule has 0 spiro atoms. The van der Waals surface area contributed by atoms with E-state index in [2.05, 4.69) is 24.4 Å². The molecule has 4 aromatic rings. The van der Waals surface area contributed by atoms with E-state index in [1.54, 1.807) is 6.07 Å². The second-order valence-corrected chi connectivity index (χ2v) is 10.7. The lowest BCUT2D eigenvalue weighted by Crippen LogP contribution is -2.14. The molecule has 9 nitrogen and oxygen atoms in total. The van der Waals surface area contributed by atoms with Gasteiger partial charge < -0.3 is 4.57 Å². The van der Waals surface area contributed by atoms with E-state index in [1.807, 2.05) is 0 Å². The number of hydrogen-bond donors (Lipinski definition) is 0. The third-order valence-corrected chi connectivity index (χ3v) is 8.04. The Bertz CT molecular complexity index is 1650. The lowest BCUT2D eigenvalue weighted by Gasteiger charge is -2.07. The largest absolute Gasteiger partial charge is 0.417 e. The molecule has 0 saturated heterocycles. The van der Waals surface area contributed by atoms with E-state index in [9.17, 15) is 31.0 Å². The summed E-state index contributed by atoms with van der Waals surface area (Å²) in [5.41, 5.74) is -0.126. The van der Waals surface area contributed by atoms with Gasteiger partial charge in [0, 0.05) is 36.8 Å². The molecule has 1 unspecified atom stereocenters. The number of hydrogen-bond acceptors (Lipinski definition) is 6. The van der Waals surface area contributed by atoms with Gasteiger partial charge in [-0.1, -0.05) is 6.92 Å². The number of amides is 1. The predicted octanol–water partition coefficient (Wildman–Crippen LogP) is 4.21. The van der Waals surface area contributed by atoms with Crippen LogP contribution in [0.1, 0.15) is 36.9 Å². The number of carbonyl (C=O) groups excluding carboxylic acids is 1. The van der Waals surface area contributed by atoms with Crippen LogP contribution in [0.4, 0.5) is 22.0 Å². The normalized spacial score (nSPS) is 16.1. The number of aromatic nitrogens is 6. The zero-order chi connectivity index (χ0) is 26.0. The Morgan fingerprint density at radius 3 is 2.58 bits per heavy atom. The number of alkyl halides is 5. The van der Waals surface area contributed by atoms with Gasteiger partial charge in [-0.05, 0) is 25.0 Å². The van der Waals surface area contributed by atoms with Crippen LogP contribution in [-0.2, 0) is 27.7 Å². The van der Waals surface area contributed by atoms with Crippen molar-refractivity contribution in [2.24, 2.45) is 11.4 Å². The van der Waals surface area contributed by atoms with Crippen LogP contribution in [0.5, 0.6) is 0 Å². The summed E-state index contributed by atoms with van der Waals surface area (Å²) in [6, 6.07) is 2.54. The average Bonchev–Trinajstić information content (AvgIpc) is 3.52. The van der Waals surface area contributed by atoms with Crippen molar-refractivity contribution in [2.75, 3.05) is 5.75 Å². The number of rotatable bonds is 5. The average molecular weight is 527 g/mol. The first-order chi connectivity index (χ1) is 16.9. The third kappa shape index (κ3) is 3.90. The highest BCUT2D eigenvalue weighted by atomic mass is 32.2. The molecule has 0 bridgehead atoms. The smallest absolute Gasteiger partial charge is 0.312 e. The van der Waals surface area contributed by atoms with Gasteiger partial charge in [0.15, 0.2) is 16.3 Å². The number of pyridine rings is 1. The van der Waals surface area contributed by atoms with Gasteiger partial charge in [-0.2, -0.15) is 31.4 Å². The van der Waals surface area contributed by atoms with Crippen molar-refractivity contribution in [2.45, 2.75) is 43.3 Å². The molecule has 1 atom stereocenters. The molecule has 4 heterocycles. The van der Waals surface area contributed by atoms with E-state index in [-0.39, 0.29) is 44.9 Å². The highest BCUT2D eigenvalue weighted by Gasteiger charge is 2.35. The molecule has 36 heavy (non-hydrogen) atoms. The van der Waals surface area contributed by atoms with Crippen LogP contribution >= 0.6 is 0 Å². The zero-order valence-corrected chi connectivity index (χ0v) is 19.6. The molecule has 0 radical (unpaired) electrons. The Morgan fingerprint density at radius 1 is 1.25 bits per heavy atom.